The number of sulfonamides is 1. The molecule has 1 heterocycles. The van der Waals surface area contributed by atoms with E-state index in [2.05, 4.69) is 21.2 Å². The number of halogens is 1. The molecule has 0 aliphatic carbocycles. The van der Waals surface area contributed by atoms with Crippen LogP contribution >= 0.6 is 15.9 Å². The van der Waals surface area contributed by atoms with E-state index in [0.717, 1.165) is 10.0 Å². The minimum Gasteiger partial charge on any atom is -0.381 e. The fraction of sp³-hybridized carbons (Fsp3) is 0.316. The van der Waals surface area contributed by atoms with Gasteiger partial charge in [0.1, 0.15) is 0 Å². The summed E-state index contributed by atoms with van der Waals surface area (Å²) in [5.41, 5.74) is 1.11. The monoisotopic (exact) mass is 452 g/mol. The lowest BCUT2D eigenvalue weighted by Gasteiger charge is -2.36. The van der Waals surface area contributed by atoms with Gasteiger partial charge in [-0.1, -0.05) is 34.1 Å². The van der Waals surface area contributed by atoms with Gasteiger partial charge < -0.3 is 10.1 Å². The van der Waals surface area contributed by atoms with Crippen LogP contribution < -0.4 is 10.5 Å². The Labute approximate surface area is 167 Å². The molecule has 3 rings (SSSR count). The SMILES string of the molecule is Cc1ccc(NC(=O)C2(c3ccc(Br)cc3)CCOCC2)cc1S(N)(=O)=O. The second-order valence-corrected chi connectivity index (χ2v) is 9.13. The van der Waals surface area contributed by atoms with Crippen LogP contribution in [0.15, 0.2) is 51.8 Å². The molecule has 1 saturated heterocycles. The summed E-state index contributed by atoms with van der Waals surface area (Å²) in [6.07, 6.45) is 1.10. The molecule has 144 valence electrons. The highest BCUT2D eigenvalue weighted by Crippen LogP contribution is 2.37. The summed E-state index contributed by atoms with van der Waals surface area (Å²) in [4.78, 5) is 13.3. The first kappa shape index (κ1) is 20.0. The first-order valence-electron chi connectivity index (χ1n) is 8.51. The molecular formula is C19H21BrN2O4S. The lowest BCUT2D eigenvalue weighted by Crippen LogP contribution is -2.44. The maximum atomic E-state index is 13.3. The van der Waals surface area contributed by atoms with Gasteiger partial charge in [-0.3, -0.25) is 4.79 Å². The van der Waals surface area contributed by atoms with E-state index in [0.29, 0.717) is 37.3 Å². The number of nitrogens with one attached hydrogen (secondary N) is 1. The number of aryl methyl sites for hydroxylation is 1. The number of nitrogens with two attached hydrogens (primary N) is 1. The predicted molar refractivity (Wildman–Crippen MR) is 107 cm³/mol. The molecule has 0 spiro atoms. The van der Waals surface area contributed by atoms with E-state index in [9.17, 15) is 13.2 Å². The first-order chi connectivity index (χ1) is 12.7. The zero-order valence-corrected chi connectivity index (χ0v) is 17.3. The van der Waals surface area contributed by atoms with E-state index >= 15 is 0 Å². The van der Waals surface area contributed by atoms with Gasteiger partial charge in [-0.2, -0.15) is 0 Å². The molecule has 1 amide bonds. The van der Waals surface area contributed by atoms with Crippen LogP contribution in [0.25, 0.3) is 0 Å². The molecule has 2 aromatic rings. The van der Waals surface area contributed by atoms with Gasteiger partial charge in [-0.05, 0) is 55.2 Å². The van der Waals surface area contributed by atoms with Crippen molar-refractivity contribution in [2.24, 2.45) is 5.14 Å². The summed E-state index contributed by atoms with van der Waals surface area (Å²) in [5.74, 6) is -0.183. The van der Waals surface area contributed by atoms with Crippen molar-refractivity contribution in [1.29, 1.82) is 0 Å². The van der Waals surface area contributed by atoms with Crippen LogP contribution in [-0.2, 0) is 25.0 Å². The molecule has 0 aromatic heterocycles. The van der Waals surface area contributed by atoms with Crippen molar-refractivity contribution in [2.45, 2.75) is 30.1 Å². The van der Waals surface area contributed by atoms with E-state index in [1.807, 2.05) is 24.3 Å². The molecule has 2 aromatic carbocycles. The predicted octanol–water partition coefficient (Wildman–Crippen LogP) is 3.09. The van der Waals surface area contributed by atoms with Crippen LogP contribution in [0, 0.1) is 6.92 Å². The number of hydrogen-bond acceptors (Lipinski definition) is 4. The number of ether oxygens (including phenoxy) is 1. The van der Waals surface area contributed by atoms with Crippen molar-refractivity contribution in [3.63, 3.8) is 0 Å². The van der Waals surface area contributed by atoms with E-state index in [1.54, 1.807) is 19.1 Å². The highest BCUT2D eigenvalue weighted by Gasteiger charge is 2.41. The molecular weight excluding hydrogens is 432 g/mol. The molecule has 3 N–H and O–H groups in total. The largest absolute Gasteiger partial charge is 0.381 e. The van der Waals surface area contributed by atoms with Crippen LogP contribution in [0.1, 0.15) is 24.0 Å². The number of rotatable bonds is 4. The molecule has 0 radical (unpaired) electrons. The third-order valence-corrected chi connectivity index (χ3v) is 6.51. The van der Waals surface area contributed by atoms with Gasteiger partial charge in [0.15, 0.2) is 0 Å². The van der Waals surface area contributed by atoms with E-state index in [4.69, 9.17) is 9.88 Å². The van der Waals surface area contributed by atoms with E-state index in [1.165, 1.54) is 6.07 Å². The van der Waals surface area contributed by atoms with Crippen LogP contribution in [0.4, 0.5) is 5.69 Å². The molecule has 0 atom stereocenters. The smallest absolute Gasteiger partial charge is 0.238 e. The van der Waals surface area contributed by atoms with Gasteiger partial charge in [0.05, 0.1) is 10.3 Å². The zero-order valence-electron chi connectivity index (χ0n) is 14.9. The van der Waals surface area contributed by atoms with Crippen LogP contribution in [-0.4, -0.2) is 27.5 Å². The third-order valence-electron chi connectivity index (χ3n) is 4.93. The highest BCUT2D eigenvalue weighted by molar-refractivity contribution is 9.10. The van der Waals surface area contributed by atoms with Crippen molar-refractivity contribution in [1.82, 2.24) is 0 Å². The second-order valence-electron chi connectivity index (χ2n) is 6.68. The summed E-state index contributed by atoms with van der Waals surface area (Å²) in [7, 11) is -3.87. The van der Waals surface area contributed by atoms with Gasteiger partial charge in [-0.25, -0.2) is 13.6 Å². The molecule has 1 aliphatic rings. The topological polar surface area (TPSA) is 98.5 Å². The molecule has 27 heavy (non-hydrogen) atoms. The maximum Gasteiger partial charge on any atom is 0.238 e. The Hall–Kier alpha value is -1.74. The highest BCUT2D eigenvalue weighted by atomic mass is 79.9. The van der Waals surface area contributed by atoms with E-state index in [-0.39, 0.29) is 10.8 Å². The summed E-state index contributed by atoms with van der Waals surface area (Å²) in [6, 6.07) is 12.4. The molecule has 0 bridgehead atoms. The number of hydrogen-bond donors (Lipinski definition) is 2. The summed E-state index contributed by atoms with van der Waals surface area (Å²) >= 11 is 3.42. The summed E-state index contributed by atoms with van der Waals surface area (Å²) < 4.78 is 29.9. The van der Waals surface area contributed by atoms with Crippen molar-refractivity contribution in [3.8, 4) is 0 Å². The van der Waals surface area contributed by atoms with Gasteiger partial charge in [0, 0.05) is 23.4 Å². The van der Waals surface area contributed by atoms with Crippen molar-refractivity contribution >= 4 is 37.5 Å². The van der Waals surface area contributed by atoms with Crippen molar-refractivity contribution < 1.29 is 17.9 Å². The fourth-order valence-electron chi connectivity index (χ4n) is 3.37. The number of amides is 1. The maximum absolute atomic E-state index is 13.3. The lowest BCUT2D eigenvalue weighted by atomic mass is 9.73. The Morgan fingerprint density at radius 2 is 1.78 bits per heavy atom. The average molecular weight is 453 g/mol. The summed E-state index contributed by atoms with van der Waals surface area (Å²) in [5, 5.41) is 8.15. The standard InChI is InChI=1S/C19H21BrN2O4S/c1-13-2-7-16(12-17(13)27(21,24)25)22-18(23)19(8-10-26-11-9-19)14-3-5-15(20)6-4-14/h2-7,12H,8-11H2,1H3,(H,22,23)(H2,21,24,25). The fourth-order valence-corrected chi connectivity index (χ4v) is 4.44. The Balaban J connectivity index is 1.95. The zero-order chi connectivity index (χ0) is 19.7. The Morgan fingerprint density at radius 1 is 1.15 bits per heavy atom. The number of anilines is 1. The van der Waals surface area contributed by atoms with Crippen LogP contribution in [0.2, 0.25) is 0 Å². The van der Waals surface area contributed by atoms with Crippen molar-refractivity contribution in [3.05, 3.63) is 58.1 Å². The second kappa shape index (κ2) is 7.71. The minimum atomic E-state index is -3.87. The van der Waals surface area contributed by atoms with E-state index < -0.39 is 15.4 Å². The molecule has 0 saturated carbocycles. The van der Waals surface area contributed by atoms with Gasteiger partial charge >= 0.3 is 0 Å². The molecule has 8 heteroatoms. The Morgan fingerprint density at radius 3 is 2.37 bits per heavy atom. The third kappa shape index (κ3) is 4.24. The first-order valence-corrected chi connectivity index (χ1v) is 10.8. The number of carbonyl (C=O) groups is 1. The van der Waals surface area contributed by atoms with Crippen LogP contribution in [0.3, 0.4) is 0 Å². The Bertz CT molecular complexity index is 952. The molecule has 1 fully saturated rings. The number of carbonyl (C=O) groups excluding carboxylic acids is 1. The molecule has 6 nitrogen and oxygen atoms in total. The van der Waals surface area contributed by atoms with Crippen molar-refractivity contribution in [2.75, 3.05) is 18.5 Å². The lowest BCUT2D eigenvalue weighted by molar-refractivity contribution is -0.125. The normalized spacial score (nSPS) is 16.7. The van der Waals surface area contributed by atoms with Crippen LogP contribution in [0.5, 0.6) is 0 Å². The number of benzene rings is 2. The van der Waals surface area contributed by atoms with Gasteiger partial charge in [0.25, 0.3) is 0 Å². The van der Waals surface area contributed by atoms with Gasteiger partial charge in [-0.15, -0.1) is 0 Å². The molecule has 0 unspecified atom stereocenters. The van der Waals surface area contributed by atoms with Gasteiger partial charge in [0.2, 0.25) is 15.9 Å². The minimum absolute atomic E-state index is 0.00460. The average Bonchev–Trinajstić information content (AvgIpc) is 2.63. The summed E-state index contributed by atoms with van der Waals surface area (Å²) in [6.45, 7) is 2.63. The molecule has 1 aliphatic heterocycles. The quantitative estimate of drug-likeness (QED) is 0.744. The number of primary sulfonamides is 1. The Kier molecular flexibility index (Phi) is 5.71.